The number of benzene rings is 1. The van der Waals surface area contributed by atoms with Gasteiger partial charge in [-0.2, -0.15) is 0 Å². The first-order chi connectivity index (χ1) is 8.88. The van der Waals surface area contributed by atoms with E-state index in [1.807, 2.05) is 0 Å². The molecule has 1 unspecified atom stereocenters. The average molecular weight is 244 g/mol. The van der Waals surface area contributed by atoms with Gasteiger partial charge in [0.15, 0.2) is 0 Å². The third kappa shape index (κ3) is 2.54. The molecule has 98 valence electrons. The van der Waals surface area contributed by atoms with Crippen molar-refractivity contribution >= 4 is 5.69 Å². The average Bonchev–Trinajstić information content (AvgIpc) is 3.22. The maximum Gasteiger partial charge on any atom is 0.0414 e. The molecule has 1 heterocycles. The highest BCUT2D eigenvalue weighted by molar-refractivity contribution is 5.57. The lowest BCUT2D eigenvalue weighted by molar-refractivity contribution is 0.485. The Hall–Kier alpha value is -1.02. The van der Waals surface area contributed by atoms with Gasteiger partial charge in [0.25, 0.3) is 0 Å². The van der Waals surface area contributed by atoms with Crippen molar-refractivity contribution in [2.24, 2.45) is 5.92 Å². The van der Waals surface area contributed by atoms with Crippen molar-refractivity contribution in [3.63, 3.8) is 0 Å². The molecule has 3 rings (SSSR count). The van der Waals surface area contributed by atoms with Crippen LogP contribution in [-0.4, -0.2) is 19.6 Å². The summed E-state index contributed by atoms with van der Waals surface area (Å²) in [5, 5.41) is 3.61. The maximum atomic E-state index is 3.61. The smallest absolute Gasteiger partial charge is 0.0414 e. The summed E-state index contributed by atoms with van der Waals surface area (Å²) >= 11 is 0. The van der Waals surface area contributed by atoms with Gasteiger partial charge in [0.2, 0.25) is 0 Å². The van der Waals surface area contributed by atoms with Crippen LogP contribution in [0.2, 0.25) is 0 Å². The van der Waals surface area contributed by atoms with E-state index in [0.717, 1.165) is 12.5 Å². The van der Waals surface area contributed by atoms with Crippen LogP contribution in [0.1, 0.15) is 44.2 Å². The molecule has 0 spiro atoms. The Balaban J connectivity index is 1.74. The Bertz CT molecular complexity index is 398. The first-order valence-electron chi connectivity index (χ1n) is 7.45. The zero-order valence-corrected chi connectivity index (χ0v) is 11.4. The SMILES string of the molecule is CCNC1CCN(CCC2CC2)c2ccccc21. The van der Waals surface area contributed by atoms with Crippen molar-refractivity contribution in [2.75, 3.05) is 24.5 Å². The Morgan fingerprint density at radius 2 is 2.06 bits per heavy atom. The van der Waals surface area contributed by atoms with Crippen molar-refractivity contribution in [1.82, 2.24) is 5.32 Å². The van der Waals surface area contributed by atoms with Crippen LogP contribution in [0.4, 0.5) is 5.69 Å². The molecular formula is C16H24N2. The molecule has 1 aliphatic heterocycles. The van der Waals surface area contributed by atoms with Gasteiger partial charge in [-0.05, 0) is 36.9 Å². The fourth-order valence-corrected chi connectivity index (χ4v) is 3.07. The van der Waals surface area contributed by atoms with Crippen LogP contribution < -0.4 is 10.2 Å². The van der Waals surface area contributed by atoms with Gasteiger partial charge >= 0.3 is 0 Å². The van der Waals surface area contributed by atoms with Gasteiger partial charge in [0, 0.05) is 24.8 Å². The number of hydrogen-bond acceptors (Lipinski definition) is 2. The number of hydrogen-bond donors (Lipinski definition) is 1. The molecule has 2 heteroatoms. The monoisotopic (exact) mass is 244 g/mol. The number of nitrogens with one attached hydrogen (secondary N) is 1. The minimum absolute atomic E-state index is 0.559. The molecule has 0 aromatic heterocycles. The first-order valence-corrected chi connectivity index (χ1v) is 7.45. The van der Waals surface area contributed by atoms with Crippen molar-refractivity contribution in [1.29, 1.82) is 0 Å². The third-order valence-electron chi connectivity index (χ3n) is 4.30. The molecule has 2 aliphatic rings. The Morgan fingerprint density at radius 3 is 2.83 bits per heavy atom. The van der Waals surface area contributed by atoms with Crippen molar-refractivity contribution in [3.05, 3.63) is 29.8 Å². The summed E-state index contributed by atoms with van der Waals surface area (Å²) in [5.74, 6) is 1.03. The van der Waals surface area contributed by atoms with Gasteiger partial charge in [-0.15, -0.1) is 0 Å². The first kappa shape index (κ1) is 12.0. The Morgan fingerprint density at radius 1 is 1.22 bits per heavy atom. The number of fused-ring (bicyclic) bond motifs is 1. The number of nitrogens with zero attached hydrogens (tertiary/aromatic N) is 1. The quantitative estimate of drug-likeness (QED) is 0.854. The summed E-state index contributed by atoms with van der Waals surface area (Å²) in [7, 11) is 0. The summed E-state index contributed by atoms with van der Waals surface area (Å²) < 4.78 is 0. The summed E-state index contributed by atoms with van der Waals surface area (Å²) in [4.78, 5) is 2.60. The predicted molar refractivity (Wildman–Crippen MR) is 77.0 cm³/mol. The van der Waals surface area contributed by atoms with E-state index in [9.17, 15) is 0 Å². The fourth-order valence-electron chi connectivity index (χ4n) is 3.07. The van der Waals surface area contributed by atoms with Crippen molar-refractivity contribution in [2.45, 2.75) is 38.6 Å². The van der Waals surface area contributed by atoms with Gasteiger partial charge in [-0.1, -0.05) is 38.0 Å². The molecule has 0 radical (unpaired) electrons. The van der Waals surface area contributed by atoms with Crippen molar-refractivity contribution < 1.29 is 0 Å². The second kappa shape index (κ2) is 5.31. The molecule has 1 aromatic rings. The summed E-state index contributed by atoms with van der Waals surface area (Å²) in [6.45, 7) is 5.71. The zero-order chi connectivity index (χ0) is 12.4. The van der Waals surface area contributed by atoms with E-state index in [1.54, 1.807) is 0 Å². The van der Waals surface area contributed by atoms with E-state index >= 15 is 0 Å². The van der Waals surface area contributed by atoms with Gasteiger partial charge in [0.1, 0.15) is 0 Å². The lowest BCUT2D eigenvalue weighted by Crippen LogP contribution is -2.36. The molecule has 18 heavy (non-hydrogen) atoms. The van der Waals surface area contributed by atoms with E-state index in [-0.39, 0.29) is 0 Å². The molecule has 1 fully saturated rings. The van der Waals surface area contributed by atoms with Crippen LogP contribution in [-0.2, 0) is 0 Å². The van der Waals surface area contributed by atoms with Gasteiger partial charge in [-0.25, -0.2) is 0 Å². The number of rotatable bonds is 5. The molecule has 1 aromatic carbocycles. The van der Waals surface area contributed by atoms with Gasteiger partial charge in [-0.3, -0.25) is 0 Å². The highest BCUT2D eigenvalue weighted by Crippen LogP contribution is 2.36. The Kier molecular flexibility index (Phi) is 3.55. The lowest BCUT2D eigenvalue weighted by Gasteiger charge is -2.36. The normalized spacial score (nSPS) is 22.9. The standard InChI is InChI=1S/C16H24N2/c1-2-17-15-10-12-18(11-9-13-7-8-13)16-6-4-3-5-14(15)16/h3-6,13,15,17H,2,7-12H2,1H3. The molecular weight excluding hydrogens is 220 g/mol. The minimum Gasteiger partial charge on any atom is -0.371 e. The largest absolute Gasteiger partial charge is 0.371 e. The zero-order valence-electron chi connectivity index (χ0n) is 11.4. The second-order valence-electron chi connectivity index (χ2n) is 5.68. The van der Waals surface area contributed by atoms with E-state index in [2.05, 4.69) is 41.4 Å². The minimum atomic E-state index is 0.559. The van der Waals surface area contributed by atoms with E-state index < -0.39 is 0 Å². The third-order valence-corrected chi connectivity index (χ3v) is 4.30. The molecule has 0 bridgehead atoms. The predicted octanol–water partition coefficient (Wildman–Crippen LogP) is 3.35. The lowest BCUT2D eigenvalue weighted by atomic mass is 9.96. The highest BCUT2D eigenvalue weighted by Gasteiger charge is 2.26. The van der Waals surface area contributed by atoms with E-state index in [0.29, 0.717) is 6.04 Å². The van der Waals surface area contributed by atoms with Crippen LogP contribution in [0.25, 0.3) is 0 Å². The number of anilines is 1. The summed E-state index contributed by atoms with van der Waals surface area (Å²) in [6.07, 6.45) is 5.57. The number of para-hydroxylation sites is 1. The highest BCUT2D eigenvalue weighted by atomic mass is 15.1. The van der Waals surface area contributed by atoms with E-state index in [1.165, 1.54) is 50.0 Å². The van der Waals surface area contributed by atoms with E-state index in [4.69, 9.17) is 0 Å². The molecule has 1 aliphatic carbocycles. The fraction of sp³-hybridized carbons (Fsp3) is 0.625. The van der Waals surface area contributed by atoms with Crippen LogP contribution in [0.3, 0.4) is 0 Å². The molecule has 1 N–H and O–H groups in total. The molecule has 0 saturated heterocycles. The van der Waals surface area contributed by atoms with Gasteiger partial charge < -0.3 is 10.2 Å². The Labute approximate surface area is 110 Å². The topological polar surface area (TPSA) is 15.3 Å². The molecule has 1 atom stereocenters. The second-order valence-corrected chi connectivity index (χ2v) is 5.68. The molecule has 0 amide bonds. The van der Waals surface area contributed by atoms with Gasteiger partial charge in [0.05, 0.1) is 0 Å². The van der Waals surface area contributed by atoms with Crippen LogP contribution >= 0.6 is 0 Å². The van der Waals surface area contributed by atoms with Crippen LogP contribution in [0.15, 0.2) is 24.3 Å². The maximum absolute atomic E-state index is 3.61. The summed E-state index contributed by atoms with van der Waals surface area (Å²) in [5.41, 5.74) is 2.97. The van der Waals surface area contributed by atoms with Crippen LogP contribution in [0, 0.1) is 5.92 Å². The molecule has 1 saturated carbocycles. The summed E-state index contributed by atoms with van der Waals surface area (Å²) in [6, 6.07) is 9.51. The van der Waals surface area contributed by atoms with Crippen LogP contribution in [0.5, 0.6) is 0 Å². The molecule has 2 nitrogen and oxygen atoms in total. The van der Waals surface area contributed by atoms with Crippen molar-refractivity contribution in [3.8, 4) is 0 Å².